The minimum atomic E-state index is -0.842. The molecular weight excluding hydrogens is 252 g/mol. The van der Waals surface area contributed by atoms with Crippen LogP contribution in [0.15, 0.2) is 36.9 Å². The molecule has 0 aliphatic carbocycles. The van der Waals surface area contributed by atoms with E-state index in [-0.39, 0.29) is 0 Å². The summed E-state index contributed by atoms with van der Waals surface area (Å²) in [5.41, 5.74) is -0.122. The summed E-state index contributed by atoms with van der Waals surface area (Å²) in [5, 5.41) is 9.96. The molecule has 0 fully saturated rings. The molecule has 1 rings (SSSR count). The van der Waals surface area contributed by atoms with Crippen LogP contribution >= 0.6 is 0 Å². The van der Waals surface area contributed by atoms with Gasteiger partial charge in [-0.05, 0) is 52.7 Å². The van der Waals surface area contributed by atoms with Gasteiger partial charge in [-0.1, -0.05) is 30.3 Å². The first-order valence-electron chi connectivity index (χ1n) is 6.82. The number of rotatable bonds is 6. The van der Waals surface area contributed by atoms with Crippen molar-refractivity contribution in [1.82, 2.24) is 0 Å². The maximum atomic E-state index is 9.96. The van der Waals surface area contributed by atoms with Crippen LogP contribution in [0, 0.1) is 0 Å². The molecule has 0 heterocycles. The summed E-state index contributed by atoms with van der Waals surface area (Å²) in [5.74, 6) is 0. The van der Waals surface area contributed by atoms with Gasteiger partial charge >= 0.3 is 0 Å². The molecule has 0 saturated carbocycles. The van der Waals surface area contributed by atoms with Gasteiger partial charge in [0.1, 0.15) is 11.2 Å². The molecular formula is C17H26O3. The molecule has 0 aliphatic heterocycles. The molecule has 112 valence electrons. The first-order valence-corrected chi connectivity index (χ1v) is 6.82. The van der Waals surface area contributed by atoms with Gasteiger partial charge in [0.2, 0.25) is 0 Å². The van der Waals surface area contributed by atoms with Gasteiger partial charge in [-0.25, -0.2) is 9.78 Å². The summed E-state index contributed by atoms with van der Waals surface area (Å²) < 4.78 is 0. The van der Waals surface area contributed by atoms with E-state index >= 15 is 0 Å². The van der Waals surface area contributed by atoms with Gasteiger partial charge in [0.15, 0.2) is 0 Å². The molecule has 0 amide bonds. The standard InChI is InChI=1S/C17H26O3/c1-8-15(2,3)19-20-17(6,7)14-11-9-13(10-12-14)16(4,5)18/h8-12,18H,1H2,2-7H3. The number of hydrogen-bond acceptors (Lipinski definition) is 3. The largest absolute Gasteiger partial charge is 0.386 e. The summed E-state index contributed by atoms with van der Waals surface area (Å²) in [6.07, 6.45) is 1.69. The van der Waals surface area contributed by atoms with Crippen LogP contribution in [0.4, 0.5) is 0 Å². The van der Waals surface area contributed by atoms with Crippen molar-refractivity contribution in [3.8, 4) is 0 Å². The van der Waals surface area contributed by atoms with E-state index in [9.17, 15) is 5.11 Å². The van der Waals surface area contributed by atoms with Crippen molar-refractivity contribution in [2.45, 2.75) is 58.3 Å². The first kappa shape index (κ1) is 16.9. The highest BCUT2D eigenvalue weighted by atomic mass is 17.2. The van der Waals surface area contributed by atoms with E-state index in [1.54, 1.807) is 19.9 Å². The molecule has 3 heteroatoms. The zero-order chi connectivity index (χ0) is 15.6. The molecule has 0 atom stereocenters. The number of aliphatic hydroxyl groups is 1. The fraction of sp³-hybridized carbons (Fsp3) is 0.529. The zero-order valence-electron chi connectivity index (χ0n) is 13.4. The minimum Gasteiger partial charge on any atom is -0.386 e. The van der Waals surface area contributed by atoms with Crippen LogP contribution in [0.1, 0.15) is 52.7 Å². The topological polar surface area (TPSA) is 38.7 Å². The summed E-state index contributed by atoms with van der Waals surface area (Å²) in [4.78, 5) is 11.0. The summed E-state index contributed by atoms with van der Waals surface area (Å²) in [7, 11) is 0. The van der Waals surface area contributed by atoms with Crippen LogP contribution in [0.2, 0.25) is 0 Å². The lowest BCUT2D eigenvalue weighted by Crippen LogP contribution is -2.29. The quantitative estimate of drug-likeness (QED) is 0.484. The summed E-state index contributed by atoms with van der Waals surface area (Å²) in [6.45, 7) is 14.9. The highest BCUT2D eigenvalue weighted by Crippen LogP contribution is 2.29. The molecule has 0 aromatic heterocycles. The van der Waals surface area contributed by atoms with Crippen LogP contribution in [0.25, 0.3) is 0 Å². The van der Waals surface area contributed by atoms with E-state index < -0.39 is 16.8 Å². The first-order chi connectivity index (χ1) is 8.98. The molecule has 0 saturated heterocycles. The molecule has 0 aliphatic rings. The Hall–Kier alpha value is -1.16. The Morgan fingerprint density at radius 2 is 1.35 bits per heavy atom. The molecule has 0 unspecified atom stereocenters. The molecule has 20 heavy (non-hydrogen) atoms. The molecule has 1 aromatic rings. The zero-order valence-corrected chi connectivity index (χ0v) is 13.4. The number of hydrogen-bond donors (Lipinski definition) is 1. The van der Waals surface area contributed by atoms with Crippen molar-refractivity contribution < 1.29 is 14.9 Å². The SMILES string of the molecule is C=CC(C)(C)OOC(C)(C)c1ccc(C(C)(C)O)cc1. The Kier molecular flexibility index (Phi) is 4.80. The Balaban J connectivity index is 2.85. The van der Waals surface area contributed by atoms with E-state index in [0.29, 0.717) is 0 Å². The second-order valence-corrected chi connectivity index (χ2v) is 6.62. The van der Waals surface area contributed by atoms with E-state index in [2.05, 4.69) is 6.58 Å². The lowest BCUT2D eigenvalue weighted by molar-refractivity contribution is -0.395. The monoisotopic (exact) mass is 278 g/mol. The van der Waals surface area contributed by atoms with Gasteiger partial charge in [-0.15, -0.1) is 6.58 Å². The average Bonchev–Trinajstić information content (AvgIpc) is 2.36. The van der Waals surface area contributed by atoms with Crippen molar-refractivity contribution in [3.63, 3.8) is 0 Å². The van der Waals surface area contributed by atoms with Crippen molar-refractivity contribution >= 4 is 0 Å². The van der Waals surface area contributed by atoms with Crippen LogP contribution in [-0.2, 0) is 21.0 Å². The van der Waals surface area contributed by atoms with Gasteiger partial charge in [0.25, 0.3) is 0 Å². The second kappa shape index (κ2) is 5.68. The van der Waals surface area contributed by atoms with E-state index in [0.717, 1.165) is 11.1 Å². The third-order valence-electron chi connectivity index (χ3n) is 3.24. The third-order valence-corrected chi connectivity index (χ3v) is 3.24. The van der Waals surface area contributed by atoms with Crippen molar-refractivity contribution in [2.24, 2.45) is 0 Å². The Labute approximate surface area is 122 Å². The average molecular weight is 278 g/mol. The maximum absolute atomic E-state index is 9.96. The lowest BCUT2D eigenvalue weighted by atomic mass is 9.92. The maximum Gasteiger partial charge on any atom is 0.123 e. The van der Waals surface area contributed by atoms with Gasteiger partial charge in [-0.2, -0.15) is 0 Å². The van der Waals surface area contributed by atoms with Gasteiger partial charge < -0.3 is 5.11 Å². The van der Waals surface area contributed by atoms with Gasteiger partial charge in [0, 0.05) is 0 Å². The fourth-order valence-corrected chi connectivity index (χ4v) is 1.57. The lowest BCUT2D eigenvalue weighted by Gasteiger charge is -2.29. The summed E-state index contributed by atoms with van der Waals surface area (Å²) >= 11 is 0. The molecule has 1 aromatic carbocycles. The second-order valence-electron chi connectivity index (χ2n) is 6.62. The Morgan fingerprint density at radius 3 is 1.75 bits per heavy atom. The van der Waals surface area contributed by atoms with Gasteiger partial charge in [-0.3, -0.25) is 0 Å². The van der Waals surface area contributed by atoms with Crippen molar-refractivity contribution in [3.05, 3.63) is 48.0 Å². The fourth-order valence-electron chi connectivity index (χ4n) is 1.57. The predicted molar refractivity (Wildman–Crippen MR) is 81.2 cm³/mol. The predicted octanol–water partition coefficient (Wildman–Crippen LogP) is 4.06. The van der Waals surface area contributed by atoms with E-state index in [1.807, 2.05) is 52.0 Å². The number of benzene rings is 1. The molecule has 3 nitrogen and oxygen atoms in total. The van der Waals surface area contributed by atoms with E-state index in [1.165, 1.54) is 0 Å². The van der Waals surface area contributed by atoms with Gasteiger partial charge in [0.05, 0.1) is 5.60 Å². The van der Waals surface area contributed by atoms with Crippen molar-refractivity contribution in [1.29, 1.82) is 0 Å². The minimum absolute atomic E-state index is 0.537. The van der Waals surface area contributed by atoms with Crippen LogP contribution in [0.3, 0.4) is 0 Å². The smallest absolute Gasteiger partial charge is 0.123 e. The Morgan fingerprint density at radius 1 is 0.900 bits per heavy atom. The van der Waals surface area contributed by atoms with Crippen LogP contribution < -0.4 is 0 Å². The molecule has 0 radical (unpaired) electrons. The highest BCUT2D eigenvalue weighted by Gasteiger charge is 2.27. The van der Waals surface area contributed by atoms with Crippen LogP contribution in [0.5, 0.6) is 0 Å². The Bertz CT molecular complexity index is 450. The summed E-state index contributed by atoms with van der Waals surface area (Å²) in [6, 6.07) is 7.69. The highest BCUT2D eigenvalue weighted by molar-refractivity contribution is 5.29. The molecule has 0 bridgehead atoms. The molecule has 0 spiro atoms. The van der Waals surface area contributed by atoms with Crippen LogP contribution in [-0.4, -0.2) is 10.7 Å². The molecule has 1 N–H and O–H groups in total. The normalized spacial score (nSPS) is 13.3. The van der Waals surface area contributed by atoms with Crippen molar-refractivity contribution in [2.75, 3.05) is 0 Å². The van der Waals surface area contributed by atoms with E-state index in [4.69, 9.17) is 9.78 Å². The third kappa shape index (κ3) is 4.44.